The van der Waals surface area contributed by atoms with Crippen molar-refractivity contribution in [2.45, 2.75) is 32.4 Å². The molecule has 2 nitrogen and oxygen atoms in total. The lowest BCUT2D eigenvalue weighted by Gasteiger charge is -2.12. The summed E-state index contributed by atoms with van der Waals surface area (Å²) in [6, 6.07) is 5.59. The van der Waals surface area contributed by atoms with Crippen molar-refractivity contribution < 1.29 is 4.21 Å². The molecule has 1 rings (SSSR count). The minimum absolute atomic E-state index is 0.330. The smallest absolute Gasteiger partial charge is 0.144 e. The van der Waals surface area contributed by atoms with E-state index in [1.54, 1.807) is 6.21 Å². The molecule has 0 saturated heterocycles. The van der Waals surface area contributed by atoms with Crippen molar-refractivity contribution in [1.29, 1.82) is 0 Å². The zero-order valence-corrected chi connectivity index (χ0v) is 11.5. The number of rotatable bonds is 2. The highest BCUT2D eigenvalue weighted by molar-refractivity contribution is 7.85. The van der Waals surface area contributed by atoms with Crippen LogP contribution in [-0.4, -0.2) is 15.2 Å². The maximum Gasteiger partial charge on any atom is 0.144 e. The first-order valence-corrected chi connectivity index (χ1v) is 6.52. The summed E-state index contributed by atoms with van der Waals surface area (Å²) in [6.07, 6.45) is 1.63. The lowest BCUT2D eigenvalue weighted by molar-refractivity contribution is 0.651. The van der Waals surface area contributed by atoms with E-state index in [-0.39, 0.29) is 4.75 Å². The largest absolute Gasteiger partial charge is 0.234 e. The Kier molecular flexibility index (Phi) is 4.28. The Morgan fingerprint density at radius 2 is 2.00 bits per heavy atom. The molecule has 0 bridgehead atoms. The second kappa shape index (κ2) is 5.11. The van der Waals surface area contributed by atoms with Crippen molar-refractivity contribution >= 4 is 28.8 Å². The highest BCUT2D eigenvalue weighted by Gasteiger charge is 2.18. The van der Waals surface area contributed by atoms with E-state index < -0.39 is 11.0 Å². The van der Waals surface area contributed by atoms with Gasteiger partial charge in [0, 0.05) is 11.2 Å². The van der Waals surface area contributed by atoms with Crippen LogP contribution in [0.5, 0.6) is 0 Å². The molecular formula is C12H16ClNOS. The van der Waals surface area contributed by atoms with Gasteiger partial charge in [-0.15, -0.1) is 0 Å². The van der Waals surface area contributed by atoms with E-state index in [1.807, 2.05) is 45.9 Å². The van der Waals surface area contributed by atoms with E-state index in [0.29, 0.717) is 5.02 Å². The Morgan fingerprint density at radius 3 is 2.56 bits per heavy atom. The summed E-state index contributed by atoms with van der Waals surface area (Å²) < 4.78 is 15.4. The summed E-state index contributed by atoms with van der Waals surface area (Å²) in [5.74, 6) is 0. The molecule has 0 aliphatic rings. The lowest BCUT2D eigenvalue weighted by Crippen LogP contribution is -2.19. The third-order valence-corrected chi connectivity index (χ3v) is 3.88. The van der Waals surface area contributed by atoms with Crippen LogP contribution >= 0.6 is 11.6 Å². The van der Waals surface area contributed by atoms with Crippen LogP contribution in [0.15, 0.2) is 22.6 Å². The molecule has 1 atom stereocenters. The molecule has 0 amide bonds. The summed E-state index contributed by atoms with van der Waals surface area (Å²) in [6.45, 7) is 7.60. The molecule has 0 aromatic heterocycles. The molecule has 0 heterocycles. The van der Waals surface area contributed by atoms with Gasteiger partial charge in [0.05, 0.1) is 4.75 Å². The van der Waals surface area contributed by atoms with E-state index in [2.05, 4.69) is 4.40 Å². The van der Waals surface area contributed by atoms with Gasteiger partial charge in [-0.2, -0.15) is 4.40 Å². The summed E-state index contributed by atoms with van der Waals surface area (Å²) in [4.78, 5) is 0. The Bertz CT molecular complexity index is 435. The fourth-order valence-electron chi connectivity index (χ4n) is 1.03. The Morgan fingerprint density at radius 1 is 1.38 bits per heavy atom. The molecule has 0 saturated carbocycles. The molecule has 1 aromatic carbocycles. The molecule has 0 unspecified atom stereocenters. The SMILES string of the molecule is Cc1c(Cl)cccc1/C=N/[S@](=O)C(C)(C)C. The van der Waals surface area contributed by atoms with Crippen LogP contribution in [0.4, 0.5) is 0 Å². The van der Waals surface area contributed by atoms with E-state index in [0.717, 1.165) is 11.1 Å². The van der Waals surface area contributed by atoms with Crippen LogP contribution in [0.25, 0.3) is 0 Å². The first-order valence-electron chi connectivity index (χ1n) is 5.03. The molecule has 0 spiro atoms. The van der Waals surface area contributed by atoms with Gasteiger partial charge >= 0.3 is 0 Å². The van der Waals surface area contributed by atoms with Crippen molar-refractivity contribution in [2.24, 2.45) is 4.40 Å². The number of benzene rings is 1. The molecule has 0 fully saturated rings. The maximum atomic E-state index is 11.7. The standard InChI is InChI=1S/C12H16ClNOS/c1-9-10(6-5-7-11(9)13)8-14-16(15)12(2,3)4/h5-8H,1-4H3/b14-8+/t16-/m1/s1. The van der Waals surface area contributed by atoms with Crippen LogP contribution in [0.1, 0.15) is 31.9 Å². The second-order valence-corrected chi connectivity index (χ2v) is 6.89. The predicted octanol–water partition coefficient (Wildman–Crippen LogP) is 3.53. The fraction of sp³-hybridized carbons (Fsp3) is 0.417. The third kappa shape index (κ3) is 3.42. The lowest BCUT2D eigenvalue weighted by atomic mass is 10.1. The van der Waals surface area contributed by atoms with Gasteiger partial charge in [0.1, 0.15) is 11.0 Å². The quantitative estimate of drug-likeness (QED) is 0.746. The van der Waals surface area contributed by atoms with Gasteiger partial charge in [-0.25, -0.2) is 4.21 Å². The zero-order chi connectivity index (χ0) is 12.3. The first kappa shape index (κ1) is 13.4. The average Bonchev–Trinajstić information content (AvgIpc) is 2.18. The van der Waals surface area contributed by atoms with Gasteiger partial charge in [0.15, 0.2) is 0 Å². The van der Waals surface area contributed by atoms with Gasteiger partial charge in [-0.1, -0.05) is 23.7 Å². The van der Waals surface area contributed by atoms with Gasteiger partial charge in [0.25, 0.3) is 0 Å². The van der Waals surface area contributed by atoms with Crippen LogP contribution in [-0.2, 0) is 11.0 Å². The molecule has 0 aliphatic carbocycles. The van der Waals surface area contributed by atoms with Crippen LogP contribution in [0.3, 0.4) is 0 Å². The van der Waals surface area contributed by atoms with Crippen molar-refractivity contribution in [3.05, 3.63) is 34.3 Å². The third-order valence-electron chi connectivity index (χ3n) is 2.12. The second-order valence-electron chi connectivity index (χ2n) is 4.55. The zero-order valence-electron chi connectivity index (χ0n) is 9.95. The fourth-order valence-corrected chi connectivity index (χ4v) is 1.73. The molecule has 0 N–H and O–H groups in total. The van der Waals surface area contributed by atoms with E-state index in [4.69, 9.17) is 11.6 Å². The maximum absolute atomic E-state index is 11.7. The minimum atomic E-state index is -1.23. The normalized spacial score (nSPS) is 14.3. The van der Waals surface area contributed by atoms with Crippen molar-refractivity contribution in [2.75, 3.05) is 0 Å². The van der Waals surface area contributed by atoms with Gasteiger partial charge in [-0.3, -0.25) is 0 Å². The number of halogens is 1. The number of hydrogen-bond donors (Lipinski definition) is 0. The summed E-state index contributed by atoms with van der Waals surface area (Å²) in [7, 11) is -1.23. The summed E-state index contributed by atoms with van der Waals surface area (Å²) in [5.41, 5.74) is 1.86. The summed E-state index contributed by atoms with van der Waals surface area (Å²) in [5, 5.41) is 0.700. The van der Waals surface area contributed by atoms with Crippen LogP contribution < -0.4 is 0 Å². The van der Waals surface area contributed by atoms with Gasteiger partial charge in [0.2, 0.25) is 0 Å². The van der Waals surface area contributed by atoms with E-state index >= 15 is 0 Å². The molecule has 16 heavy (non-hydrogen) atoms. The van der Waals surface area contributed by atoms with Crippen molar-refractivity contribution in [1.82, 2.24) is 0 Å². The summed E-state index contributed by atoms with van der Waals surface area (Å²) >= 11 is 5.98. The highest BCUT2D eigenvalue weighted by Crippen LogP contribution is 2.18. The highest BCUT2D eigenvalue weighted by atomic mass is 35.5. The van der Waals surface area contributed by atoms with Crippen molar-refractivity contribution in [3.8, 4) is 0 Å². The first-order chi connectivity index (χ1) is 7.32. The van der Waals surface area contributed by atoms with Crippen LogP contribution in [0.2, 0.25) is 5.02 Å². The molecule has 4 heteroatoms. The Balaban J connectivity index is 2.94. The van der Waals surface area contributed by atoms with E-state index in [1.165, 1.54) is 0 Å². The predicted molar refractivity (Wildman–Crippen MR) is 71.7 cm³/mol. The number of nitrogens with zero attached hydrogens (tertiary/aromatic N) is 1. The molecule has 0 radical (unpaired) electrons. The number of hydrogen-bond acceptors (Lipinski definition) is 1. The van der Waals surface area contributed by atoms with Gasteiger partial charge in [-0.05, 0) is 44.9 Å². The van der Waals surface area contributed by atoms with Gasteiger partial charge < -0.3 is 0 Å². The molecule has 1 aromatic rings. The molecule has 0 aliphatic heterocycles. The Labute approximate surface area is 104 Å². The molecule has 88 valence electrons. The van der Waals surface area contributed by atoms with Crippen LogP contribution in [0, 0.1) is 6.92 Å². The topological polar surface area (TPSA) is 29.4 Å². The minimum Gasteiger partial charge on any atom is -0.234 e. The van der Waals surface area contributed by atoms with E-state index in [9.17, 15) is 4.21 Å². The molecular weight excluding hydrogens is 242 g/mol. The Hall–Kier alpha value is -0.670. The van der Waals surface area contributed by atoms with Crippen molar-refractivity contribution in [3.63, 3.8) is 0 Å². The average molecular weight is 258 g/mol. The monoisotopic (exact) mass is 257 g/mol.